The maximum absolute atomic E-state index is 12.8. The van der Waals surface area contributed by atoms with E-state index in [1.165, 1.54) is 4.90 Å². The molecule has 2 aromatic carbocycles. The number of anilines is 1. The molecule has 10 heteroatoms. The highest BCUT2D eigenvalue weighted by Crippen LogP contribution is 2.32. The maximum atomic E-state index is 12.8. The fourth-order valence-electron chi connectivity index (χ4n) is 4.19. The second-order valence-corrected chi connectivity index (χ2v) is 8.63. The number of ether oxygens (including phenoxy) is 2. The smallest absolute Gasteiger partial charge is 0.324 e. The quantitative estimate of drug-likeness (QED) is 0.446. The highest BCUT2D eigenvalue weighted by atomic mass is 35.5. The molecule has 0 spiro atoms. The number of benzene rings is 2. The van der Waals surface area contributed by atoms with Gasteiger partial charge >= 0.3 is 6.03 Å². The van der Waals surface area contributed by atoms with Gasteiger partial charge in [0.15, 0.2) is 11.5 Å². The third-order valence-electron chi connectivity index (χ3n) is 5.93. The van der Waals surface area contributed by atoms with Crippen LogP contribution in [0.15, 0.2) is 42.6 Å². The van der Waals surface area contributed by atoms with E-state index in [4.69, 9.17) is 21.1 Å². The fraction of sp³-hybridized carbons (Fsp3) is 0.292. The molecule has 2 aliphatic rings. The molecule has 4 amide bonds. The highest BCUT2D eigenvalue weighted by molar-refractivity contribution is 6.31. The van der Waals surface area contributed by atoms with Crippen LogP contribution in [0.4, 0.5) is 10.5 Å². The van der Waals surface area contributed by atoms with Crippen LogP contribution in [0.3, 0.4) is 0 Å². The summed E-state index contributed by atoms with van der Waals surface area (Å²) >= 11 is 6.10. The van der Waals surface area contributed by atoms with Gasteiger partial charge < -0.3 is 25.1 Å². The first-order valence-corrected chi connectivity index (χ1v) is 11.4. The van der Waals surface area contributed by atoms with E-state index in [0.717, 1.165) is 16.5 Å². The van der Waals surface area contributed by atoms with Gasteiger partial charge in [0, 0.05) is 46.8 Å². The summed E-state index contributed by atoms with van der Waals surface area (Å²) in [6.07, 6.45) is 2.65. The molecule has 0 saturated carbocycles. The molecule has 0 unspecified atom stereocenters. The van der Waals surface area contributed by atoms with Crippen LogP contribution >= 0.6 is 11.6 Å². The molecular weight excluding hydrogens is 460 g/mol. The Kier molecular flexibility index (Phi) is 6.02. The third-order valence-corrected chi connectivity index (χ3v) is 6.16. The number of rotatable bonds is 7. The number of hydrogen-bond donors (Lipinski definition) is 3. The average Bonchev–Trinajstić information content (AvgIpc) is 3.35. The van der Waals surface area contributed by atoms with E-state index in [-0.39, 0.29) is 31.2 Å². The first-order valence-electron chi connectivity index (χ1n) is 11.0. The number of nitrogens with zero attached hydrogens (tertiary/aromatic N) is 1. The van der Waals surface area contributed by atoms with E-state index < -0.39 is 12.1 Å². The molecular formula is C24H23ClN4O5. The van der Waals surface area contributed by atoms with Gasteiger partial charge in [0.2, 0.25) is 5.91 Å². The summed E-state index contributed by atoms with van der Waals surface area (Å²) in [6.45, 7) is 1.19. The van der Waals surface area contributed by atoms with Crippen molar-refractivity contribution in [2.24, 2.45) is 0 Å². The molecule has 3 heterocycles. The largest absolute Gasteiger partial charge is 0.486 e. The Morgan fingerprint density at radius 1 is 1.12 bits per heavy atom. The van der Waals surface area contributed by atoms with E-state index in [2.05, 4.69) is 15.6 Å². The number of hydrogen-bond acceptors (Lipinski definition) is 5. The lowest BCUT2D eigenvalue weighted by Crippen LogP contribution is -2.33. The molecule has 1 fully saturated rings. The number of nitrogens with one attached hydrogen (secondary N) is 3. The van der Waals surface area contributed by atoms with Crippen LogP contribution in [-0.4, -0.2) is 53.5 Å². The summed E-state index contributed by atoms with van der Waals surface area (Å²) in [5.41, 5.74) is 2.50. The summed E-state index contributed by atoms with van der Waals surface area (Å²) in [4.78, 5) is 41.9. The number of carbonyl (C=O) groups excluding carboxylic acids is 3. The number of fused-ring (bicyclic) bond motifs is 2. The van der Waals surface area contributed by atoms with Gasteiger partial charge in [0.1, 0.15) is 19.3 Å². The predicted octanol–water partition coefficient (Wildman–Crippen LogP) is 3.47. The minimum absolute atomic E-state index is 0.0832. The van der Waals surface area contributed by atoms with Crippen molar-refractivity contribution in [3.8, 4) is 11.5 Å². The van der Waals surface area contributed by atoms with Crippen molar-refractivity contribution in [3.63, 3.8) is 0 Å². The van der Waals surface area contributed by atoms with Crippen LogP contribution in [0.2, 0.25) is 5.02 Å². The highest BCUT2D eigenvalue weighted by Gasteiger charge is 2.37. The lowest BCUT2D eigenvalue weighted by molar-refractivity contribution is -0.127. The van der Waals surface area contributed by atoms with E-state index in [1.807, 2.05) is 18.3 Å². The van der Waals surface area contributed by atoms with Gasteiger partial charge in [-0.05, 0) is 48.7 Å². The summed E-state index contributed by atoms with van der Waals surface area (Å²) in [5, 5.41) is 7.06. The first kappa shape index (κ1) is 22.1. The van der Waals surface area contributed by atoms with Crippen LogP contribution in [-0.2, 0) is 16.0 Å². The normalized spacial score (nSPS) is 17.2. The van der Waals surface area contributed by atoms with Crippen LogP contribution in [0.1, 0.15) is 18.4 Å². The monoisotopic (exact) mass is 482 g/mol. The Morgan fingerprint density at radius 2 is 1.94 bits per heavy atom. The average molecular weight is 483 g/mol. The van der Waals surface area contributed by atoms with Gasteiger partial charge in [-0.1, -0.05) is 11.6 Å². The van der Waals surface area contributed by atoms with Crippen molar-refractivity contribution in [1.82, 2.24) is 15.2 Å². The molecule has 2 aliphatic heterocycles. The number of halogens is 1. The molecule has 1 aromatic heterocycles. The molecule has 1 atom stereocenters. The first-order chi connectivity index (χ1) is 16.5. The Morgan fingerprint density at radius 3 is 2.79 bits per heavy atom. The van der Waals surface area contributed by atoms with Crippen molar-refractivity contribution in [3.05, 3.63) is 53.2 Å². The maximum Gasteiger partial charge on any atom is 0.324 e. The van der Waals surface area contributed by atoms with Gasteiger partial charge in [-0.3, -0.25) is 14.5 Å². The number of aromatic amines is 1. The topological polar surface area (TPSA) is 113 Å². The molecule has 0 aliphatic carbocycles. The predicted molar refractivity (Wildman–Crippen MR) is 126 cm³/mol. The van der Waals surface area contributed by atoms with Gasteiger partial charge in [-0.2, -0.15) is 0 Å². The fourth-order valence-corrected chi connectivity index (χ4v) is 4.37. The molecule has 3 N–H and O–H groups in total. The van der Waals surface area contributed by atoms with Crippen LogP contribution in [0.5, 0.6) is 11.5 Å². The number of imide groups is 1. The summed E-state index contributed by atoms with van der Waals surface area (Å²) in [7, 11) is 0. The van der Waals surface area contributed by atoms with E-state index in [9.17, 15) is 14.4 Å². The number of amides is 4. The van der Waals surface area contributed by atoms with Gasteiger partial charge in [0.25, 0.3) is 5.91 Å². The Balaban J connectivity index is 1.14. The van der Waals surface area contributed by atoms with Crippen molar-refractivity contribution in [2.75, 3.05) is 25.1 Å². The van der Waals surface area contributed by atoms with E-state index in [0.29, 0.717) is 41.8 Å². The zero-order valence-electron chi connectivity index (χ0n) is 18.2. The Hall–Kier alpha value is -3.72. The Bertz CT molecular complexity index is 1270. The van der Waals surface area contributed by atoms with Crippen molar-refractivity contribution in [2.45, 2.75) is 25.3 Å². The van der Waals surface area contributed by atoms with Crippen molar-refractivity contribution in [1.29, 1.82) is 0 Å². The van der Waals surface area contributed by atoms with Gasteiger partial charge in [-0.15, -0.1) is 0 Å². The summed E-state index contributed by atoms with van der Waals surface area (Å²) in [5.74, 6) is 0.637. The molecule has 0 radical (unpaired) electrons. The minimum atomic E-state index is -0.726. The number of H-pyrrole nitrogens is 1. The molecule has 34 heavy (non-hydrogen) atoms. The van der Waals surface area contributed by atoms with Crippen molar-refractivity contribution >= 4 is 46.0 Å². The molecule has 176 valence electrons. The number of carbonyl (C=O) groups is 3. The standard InChI is InChI=1S/C24H23ClN4O5/c25-15-1-3-18-17(11-15)14(13-26-18)7-8-29-23(31)19(28-24(29)32)4-6-22(30)27-16-2-5-20-21(12-16)34-10-9-33-20/h1-3,5,11-13,19,26H,4,6-10H2,(H,27,30)(H,28,32)/t19-/m0/s1. The van der Waals surface area contributed by atoms with Crippen LogP contribution in [0, 0.1) is 0 Å². The van der Waals surface area contributed by atoms with E-state index >= 15 is 0 Å². The minimum Gasteiger partial charge on any atom is -0.486 e. The molecule has 5 rings (SSSR count). The lowest BCUT2D eigenvalue weighted by Gasteiger charge is -2.19. The number of urea groups is 1. The molecule has 3 aromatic rings. The van der Waals surface area contributed by atoms with Crippen molar-refractivity contribution < 1.29 is 23.9 Å². The zero-order valence-corrected chi connectivity index (χ0v) is 19.0. The molecule has 9 nitrogen and oxygen atoms in total. The van der Waals surface area contributed by atoms with E-state index in [1.54, 1.807) is 24.3 Å². The number of aromatic nitrogens is 1. The third kappa shape index (κ3) is 4.51. The lowest BCUT2D eigenvalue weighted by atomic mass is 10.1. The SMILES string of the molecule is O=C(CC[C@@H]1NC(=O)N(CCc2c[nH]c3ccc(Cl)cc23)C1=O)Nc1ccc2c(c1)OCCO2. The Labute approximate surface area is 200 Å². The molecule has 0 bridgehead atoms. The van der Waals surface area contributed by atoms with Gasteiger partial charge in [0.05, 0.1) is 0 Å². The van der Waals surface area contributed by atoms with Crippen LogP contribution in [0.25, 0.3) is 10.9 Å². The molecule has 1 saturated heterocycles. The zero-order chi connectivity index (χ0) is 23.7. The van der Waals surface area contributed by atoms with Crippen LogP contribution < -0.4 is 20.1 Å². The second-order valence-electron chi connectivity index (χ2n) is 8.19. The summed E-state index contributed by atoms with van der Waals surface area (Å²) in [6, 6.07) is 9.55. The summed E-state index contributed by atoms with van der Waals surface area (Å²) < 4.78 is 11.0. The second kappa shape index (κ2) is 9.26. The van der Waals surface area contributed by atoms with Gasteiger partial charge in [-0.25, -0.2) is 4.79 Å².